The fourth-order valence-corrected chi connectivity index (χ4v) is 2.70. The van der Waals surface area contributed by atoms with Gasteiger partial charge in [0.25, 0.3) is 0 Å². The van der Waals surface area contributed by atoms with Gasteiger partial charge in [-0.2, -0.15) is 0 Å². The molecule has 3 rings (SSSR count). The Morgan fingerprint density at radius 2 is 1.86 bits per heavy atom. The van der Waals surface area contributed by atoms with Crippen molar-refractivity contribution < 1.29 is 14.6 Å². The molecule has 0 bridgehead atoms. The maximum absolute atomic E-state index is 12.3. The van der Waals surface area contributed by atoms with Gasteiger partial charge in [-0.1, -0.05) is 37.3 Å². The third-order valence-corrected chi connectivity index (χ3v) is 3.63. The Hall–Kier alpha value is -2.49. The molecule has 108 valence electrons. The molecule has 0 radical (unpaired) electrons. The molecule has 1 aliphatic heterocycles. The first-order valence-electron chi connectivity index (χ1n) is 7.07. The second-order valence-electron chi connectivity index (χ2n) is 5.09. The maximum atomic E-state index is 12.3. The molecule has 0 aliphatic carbocycles. The number of amides is 1. The van der Waals surface area contributed by atoms with E-state index in [1.165, 1.54) is 0 Å². The zero-order chi connectivity index (χ0) is 14.8. The summed E-state index contributed by atoms with van der Waals surface area (Å²) in [4.78, 5) is 14.0. The van der Waals surface area contributed by atoms with Crippen LogP contribution in [0.5, 0.6) is 11.5 Å². The summed E-state index contributed by atoms with van der Waals surface area (Å²) in [5.74, 6) is 0.820. The summed E-state index contributed by atoms with van der Waals surface area (Å²) in [6, 6.07) is 14.4. The van der Waals surface area contributed by atoms with Crippen LogP contribution in [0.15, 0.2) is 48.5 Å². The highest BCUT2D eigenvalue weighted by atomic mass is 16.6. The molecule has 0 aromatic heterocycles. The van der Waals surface area contributed by atoms with E-state index in [4.69, 9.17) is 4.74 Å². The summed E-state index contributed by atoms with van der Waals surface area (Å²) < 4.78 is 5.41. The van der Waals surface area contributed by atoms with E-state index in [-0.39, 0.29) is 17.9 Å². The standard InChI is InChI=1S/C17H17NO3/c1-2-11-18-16(12-7-9-13(19)10-8-12)14-5-3-4-6-15(14)21-17(18)20/h3-10,16,19H,2,11H2,1H3/t16-/m1/s1. The van der Waals surface area contributed by atoms with Crippen molar-refractivity contribution in [3.8, 4) is 11.5 Å². The van der Waals surface area contributed by atoms with Crippen LogP contribution in [-0.4, -0.2) is 22.6 Å². The first-order chi connectivity index (χ1) is 10.2. The largest absolute Gasteiger partial charge is 0.508 e. The van der Waals surface area contributed by atoms with Crippen LogP contribution in [0.4, 0.5) is 4.79 Å². The number of hydrogen-bond donors (Lipinski definition) is 1. The lowest BCUT2D eigenvalue weighted by Crippen LogP contribution is -2.41. The fourth-order valence-electron chi connectivity index (χ4n) is 2.70. The van der Waals surface area contributed by atoms with Gasteiger partial charge in [-0.15, -0.1) is 0 Å². The molecule has 2 aromatic carbocycles. The molecule has 1 aliphatic rings. The minimum Gasteiger partial charge on any atom is -0.508 e. The van der Waals surface area contributed by atoms with E-state index in [0.717, 1.165) is 17.5 Å². The van der Waals surface area contributed by atoms with E-state index in [1.54, 1.807) is 17.0 Å². The highest BCUT2D eigenvalue weighted by Gasteiger charge is 2.34. The Balaban J connectivity index is 2.11. The molecule has 2 aromatic rings. The number of rotatable bonds is 3. The first-order valence-corrected chi connectivity index (χ1v) is 7.07. The molecule has 0 unspecified atom stereocenters. The van der Waals surface area contributed by atoms with Crippen LogP contribution in [0.2, 0.25) is 0 Å². The highest BCUT2D eigenvalue weighted by molar-refractivity contribution is 5.75. The maximum Gasteiger partial charge on any atom is 0.416 e. The number of carbonyl (C=O) groups is 1. The third-order valence-electron chi connectivity index (χ3n) is 3.63. The van der Waals surface area contributed by atoms with E-state index in [9.17, 15) is 9.90 Å². The summed E-state index contributed by atoms with van der Waals surface area (Å²) in [6.07, 6.45) is 0.528. The van der Waals surface area contributed by atoms with Gasteiger partial charge in [0.1, 0.15) is 11.5 Å². The summed E-state index contributed by atoms with van der Waals surface area (Å²) in [7, 11) is 0. The van der Waals surface area contributed by atoms with Gasteiger partial charge in [0.2, 0.25) is 0 Å². The minimum atomic E-state index is -0.325. The van der Waals surface area contributed by atoms with E-state index in [2.05, 4.69) is 0 Å². The molecule has 0 saturated carbocycles. The third kappa shape index (κ3) is 2.44. The number of aromatic hydroxyl groups is 1. The Morgan fingerprint density at radius 1 is 1.14 bits per heavy atom. The number of hydrogen-bond acceptors (Lipinski definition) is 3. The van der Waals surface area contributed by atoms with Crippen LogP contribution in [0, 0.1) is 0 Å². The van der Waals surface area contributed by atoms with E-state index < -0.39 is 0 Å². The molecule has 4 heteroatoms. The Kier molecular flexibility index (Phi) is 3.52. The topological polar surface area (TPSA) is 49.8 Å². The van der Waals surface area contributed by atoms with Gasteiger partial charge in [0.15, 0.2) is 0 Å². The van der Waals surface area contributed by atoms with E-state index in [1.807, 2.05) is 43.3 Å². The molecule has 1 heterocycles. The van der Waals surface area contributed by atoms with Gasteiger partial charge in [-0.05, 0) is 30.2 Å². The van der Waals surface area contributed by atoms with Crippen molar-refractivity contribution >= 4 is 6.09 Å². The summed E-state index contributed by atoms with van der Waals surface area (Å²) in [5.41, 5.74) is 1.93. The predicted octanol–water partition coefficient (Wildman–Crippen LogP) is 3.71. The lowest BCUT2D eigenvalue weighted by atomic mass is 9.95. The lowest BCUT2D eigenvalue weighted by molar-refractivity contribution is 0.126. The SMILES string of the molecule is CCCN1C(=O)Oc2ccccc2[C@H]1c1ccc(O)cc1. The van der Waals surface area contributed by atoms with Crippen LogP contribution in [0.1, 0.15) is 30.5 Å². The number of carbonyl (C=O) groups excluding carboxylic acids is 1. The Labute approximate surface area is 123 Å². The second-order valence-corrected chi connectivity index (χ2v) is 5.09. The molecule has 0 spiro atoms. The highest BCUT2D eigenvalue weighted by Crippen LogP contribution is 2.39. The van der Waals surface area contributed by atoms with Gasteiger partial charge in [0.05, 0.1) is 6.04 Å². The van der Waals surface area contributed by atoms with E-state index >= 15 is 0 Å². The van der Waals surface area contributed by atoms with Crippen molar-refractivity contribution in [1.29, 1.82) is 0 Å². The predicted molar refractivity (Wildman–Crippen MR) is 79.4 cm³/mol. The molecule has 1 atom stereocenters. The van der Waals surface area contributed by atoms with Gasteiger partial charge >= 0.3 is 6.09 Å². The van der Waals surface area contributed by atoms with Crippen LogP contribution in [-0.2, 0) is 0 Å². The molecule has 21 heavy (non-hydrogen) atoms. The monoisotopic (exact) mass is 283 g/mol. The van der Waals surface area contributed by atoms with E-state index in [0.29, 0.717) is 12.3 Å². The zero-order valence-corrected chi connectivity index (χ0v) is 11.8. The Morgan fingerprint density at radius 3 is 2.57 bits per heavy atom. The fraction of sp³-hybridized carbons (Fsp3) is 0.235. The van der Waals surface area contributed by atoms with Crippen molar-refractivity contribution in [1.82, 2.24) is 4.90 Å². The van der Waals surface area contributed by atoms with Crippen molar-refractivity contribution in [2.75, 3.05) is 6.54 Å². The van der Waals surface area contributed by atoms with Gasteiger partial charge in [-0.3, -0.25) is 4.90 Å². The van der Waals surface area contributed by atoms with Crippen molar-refractivity contribution in [2.24, 2.45) is 0 Å². The first kappa shape index (κ1) is 13.5. The number of fused-ring (bicyclic) bond motifs is 1. The van der Waals surface area contributed by atoms with Crippen molar-refractivity contribution in [3.05, 3.63) is 59.7 Å². The van der Waals surface area contributed by atoms with Crippen LogP contribution < -0.4 is 4.74 Å². The number of ether oxygens (including phenoxy) is 1. The number of nitrogens with zero attached hydrogens (tertiary/aromatic N) is 1. The molecule has 0 saturated heterocycles. The van der Waals surface area contributed by atoms with Crippen LogP contribution in [0.25, 0.3) is 0 Å². The summed E-state index contributed by atoms with van der Waals surface area (Å²) in [6.45, 7) is 2.65. The van der Waals surface area contributed by atoms with Gasteiger partial charge < -0.3 is 9.84 Å². The molecule has 4 nitrogen and oxygen atoms in total. The van der Waals surface area contributed by atoms with Crippen LogP contribution in [0.3, 0.4) is 0 Å². The van der Waals surface area contributed by atoms with Crippen LogP contribution >= 0.6 is 0 Å². The number of phenolic OH excluding ortho intramolecular Hbond substituents is 1. The minimum absolute atomic E-state index is 0.178. The molecular weight excluding hydrogens is 266 g/mol. The molecular formula is C17H17NO3. The number of para-hydroxylation sites is 1. The number of benzene rings is 2. The van der Waals surface area contributed by atoms with Crippen molar-refractivity contribution in [2.45, 2.75) is 19.4 Å². The molecule has 1 N–H and O–H groups in total. The lowest BCUT2D eigenvalue weighted by Gasteiger charge is -2.36. The van der Waals surface area contributed by atoms with Crippen molar-refractivity contribution in [3.63, 3.8) is 0 Å². The smallest absolute Gasteiger partial charge is 0.416 e. The summed E-state index contributed by atoms with van der Waals surface area (Å²) in [5, 5.41) is 9.47. The zero-order valence-electron chi connectivity index (χ0n) is 11.8. The second kappa shape index (κ2) is 5.48. The van der Waals surface area contributed by atoms with Gasteiger partial charge in [0, 0.05) is 12.1 Å². The number of phenols is 1. The Bertz CT molecular complexity index is 651. The normalized spacial score (nSPS) is 17.3. The van der Waals surface area contributed by atoms with Gasteiger partial charge in [-0.25, -0.2) is 4.79 Å². The average Bonchev–Trinajstić information content (AvgIpc) is 2.49. The molecule has 0 fully saturated rings. The molecule has 1 amide bonds. The summed E-state index contributed by atoms with van der Waals surface area (Å²) >= 11 is 0. The average molecular weight is 283 g/mol. The quantitative estimate of drug-likeness (QED) is 0.934.